The molecule has 0 fully saturated rings. The molecule has 0 spiro atoms. The van der Waals surface area contributed by atoms with Crippen molar-refractivity contribution in [2.75, 3.05) is 45.7 Å². The van der Waals surface area contributed by atoms with Crippen molar-refractivity contribution in [1.82, 2.24) is 14.3 Å². The van der Waals surface area contributed by atoms with E-state index in [1.54, 1.807) is 11.6 Å². The molecule has 2 rings (SSSR count). The number of likely N-dealkylation sites (N-methyl/N-ethyl adjacent to an activating group) is 1. The van der Waals surface area contributed by atoms with Gasteiger partial charge in [-0.2, -0.15) is 9.38 Å². The molecule has 2 aromatic heterocycles. The molecule has 0 saturated carbocycles. The highest BCUT2D eigenvalue weighted by Crippen LogP contribution is 2.27. The minimum Gasteiger partial charge on any atom is -0.378 e. The van der Waals surface area contributed by atoms with Gasteiger partial charge in [0.2, 0.25) is 5.82 Å². The van der Waals surface area contributed by atoms with Gasteiger partial charge in [0.25, 0.3) is 4.96 Å². The number of fused-ring (bicyclic) bond motifs is 1. The number of ether oxygens (including phenoxy) is 1. The smallest absolute Gasteiger partial charge is 0.372 e. The van der Waals surface area contributed by atoms with Gasteiger partial charge in [0.05, 0.1) is 13.2 Å². The Morgan fingerprint density at radius 3 is 3.05 bits per heavy atom. The van der Waals surface area contributed by atoms with Gasteiger partial charge >= 0.3 is 5.82 Å². The minimum atomic E-state index is -0.429. The van der Waals surface area contributed by atoms with Gasteiger partial charge < -0.3 is 25.1 Å². The highest BCUT2D eigenvalue weighted by atomic mass is 32.1. The van der Waals surface area contributed by atoms with Crippen molar-refractivity contribution < 1.29 is 9.66 Å². The van der Waals surface area contributed by atoms with Crippen LogP contribution in [0, 0.1) is 10.1 Å². The van der Waals surface area contributed by atoms with Crippen LogP contribution < -0.4 is 5.32 Å². The van der Waals surface area contributed by atoms with Crippen LogP contribution in [0.3, 0.4) is 0 Å². The van der Waals surface area contributed by atoms with E-state index in [4.69, 9.17) is 4.74 Å². The number of nitro groups is 1. The second-order valence-corrected chi connectivity index (χ2v) is 5.31. The maximum Gasteiger partial charge on any atom is 0.372 e. The predicted octanol–water partition coefficient (Wildman–Crippen LogP) is 1.29. The molecule has 0 unspecified atom stereocenters. The second kappa shape index (κ2) is 6.64. The van der Waals surface area contributed by atoms with Gasteiger partial charge in [-0.15, -0.1) is 0 Å². The third-order valence-electron chi connectivity index (χ3n) is 2.63. The monoisotopic (exact) mass is 299 g/mol. The number of thiazole rings is 1. The molecule has 0 atom stereocenters. The molecule has 0 bridgehead atoms. The number of hydrogen-bond acceptors (Lipinski definition) is 7. The lowest BCUT2D eigenvalue weighted by Gasteiger charge is -2.09. The summed E-state index contributed by atoms with van der Waals surface area (Å²) in [6.45, 7) is 2.45. The fourth-order valence-corrected chi connectivity index (χ4v) is 2.37. The molecule has 0 radical (unpaired) electrons. The molecule has 0 amide bonds. The maximum atomic E-state index is 11.1. The van der Waals surface area contributed by atoms with E-state index in [0.717, 1.165) is 6.54 Å². The topological polar surface area (TPSA) is 84.9 Å². The minimum absolute atomic E-state index is 0.0328. The van der Waals surface area contributed by atoms with E-state index in [9.17, 15) is 10.1 Å². The lowest BCUT2D eigenvalue weighted by molar-refractivity contribution is -0.389. The maximum absolute atomic E-state index is 11.1. The van der Waals surface area contributed by atoms with Gasteiger partial charge in [-0.1, -0.05) is 11.3 Å². The number of imidazole rings is 1. The van der Waals surface area contributed by atoms with E-state index < -0.39 is 4.92 Å². The largest absolute Gasteiger partial charge is 0.378 e. The molecule has 0 saturated heterocycles. The van der Waals surface area contributed by atoms with Crippen LogP contribution in [0.1, 0.15) is 0 Å². The van der Waals surface area contributed by atoms with Gasteiger partial charge in [0.1, 0.15) is 6.20 Å². The van der Waals surface area contributed by atoms with Crippen molar-refractivity contribution in [3.63, 3.8) is 0 Å². The Morgan fingerprint density at radius 1 is 1.55 bits per heavy atom. The molecule has 1 N–H and O–H groups in total. The summed E-state index contributed by atoms with van der Waals surface area (Å²) in [6, 6.07) is 0. The number of hydrogen-bond donors (Lipinski definition) is 1. The molecule has 2 heterocycles. The summed E-state index contributed by atoms with van der Waals surface area (Å²) in [5.41, 5.74) is 0. The van der Waals surface area contributed by atoms with Gasteiger partial charge in [0.15, 0.2) is 0 Å². The molecule has 8 nitrogen and oxygen atoms in total. The molecule has 0 aliphatic heterocycles. The quantitative estimate of drug-likeness (QED) is 0.449. The van der Waals surface area contributed by atoms with Crippen LogP contribution in [-0.4, -0.2) is 59.6 Å². The Labute approximate surface area is 120 Å². The van der Waals surface area contributed by atoms with Gasteiger partial charge in [0, 0.05) is 18.5 Å². The Kier molecular flexibility index (Phi) is 4.88. The summed E-state index contributed by atoms with van der Waals surface area (Å²) >= 11 is 1.36. The van der Waals surface area contributed by atoms with E-state index in [-0.39, 0.29) is 11.6 Å². The first-order valence-corrected chi connectivity index (χ1v) is 7.04. The van der Waals surface area contributed by atoms with Crippen molar-refractivity contribution in [3.05, 3.63) is 21.7 Å². The first-order valence-electron chi connectivity index (χ1n) is 6.16. The number of rotatable bonds is 8. The van der Waals surface area contributed by atoms with Crippen LogP contribution in [-0.2, 0) is 4.74 Å². The van der Waals surface area contributed by atoms with Crippen molar-refractivity contribution in [2.45, 2.75) is 0 Å². The number of nitrogens with one attached hydrogen (secondary N) is 1. The van der Waals surface area contributed by atoms with E-state index in [1.807, 2.05) is 19.0 Å². The summed E-state index contributed by atoms with van der Waals surface area (Å²) < 4.78 is 6.89. The highest BCUT2D eigenvalue weighted by Gasteiger charge is 2.22. The predicted molar refractivity (Wildman–Crippen MR) is 77.6 cm³/mol. The van der Waals surface area contributed by atoms with Gasteiger partial charge in [-0.25, -0.2) is 0 Å². The van der Waals surface area contributed by atoms with E-state index in [1.165, 1.54) is 15.7 Å². The average Bonchev–Trinajstić information content (AvgIpc) is 2.92. The number of nitrogens with zero attached hydrogens (tertiary/aromatic N) is 4. The lowest BCUT2D eigenvalue weighted by atomic mass is 10.5. The van der Waals surface area contributed by atoms with Crippen molar-refractivity contribution in [1.29, 1.82) is 0 Å². The number of aromatic nitrogens is 2. The molecule has 0 aromatic carbocycles. The fourth-order valence-electron chi connectivity index (χ4n) is 1.66. The van der Waals surface area contributed by atoms with Gasteiger partial charge in [-0.3, -0.25) is 0 Å². The number of anilines is 1. The Balaban J connectivity index is 1.88. The first-order chi connectivity index (χ1) is 9.59. The lowest BCUT2D eigenvalue weighted by Crippen LogP contribution is -2.20. The van der Waals surface area contributed by atoms with Crippen LogP contribution in [0.25, 0.3) is 4.96 Å². The van der Waals surface area contributed by atoms with Crippen LogP contribution >= 0.6 is 11.3 Å². The zero-order valence-electron chi connectivity index (χ0n) is 11.4. The second-order valence-electron chi connectivity index (χ2n) is 4.44. The van der Waals surface area contributed by atoms with E-state index >= 15 is 0 Å². The zero-order chi connectivity index (χ0) is 14.5. The molecule has 20 heavy (non-hydrogen) atoms. The zero-order valence-corrected chi connectivity index (χ0v) is 12.2. The fraction of sp³-hybridized carbons (Fsp3) is 0.545. The average molecular weight is 299 g/mol. The molecule has 2 aromatic rings. The highest BCUT2D eigenvalue weighted by molar-refractivity contribution is 7.15. The van der Waals surface area contributed by atoms with Crippen molar-refractivity contribution >= 4 is 27.9 Å². The van der Waals surface area contributed by atoms with Gasteiger partial charge in [-0.05, 0) is 19.0 Å². The SMILES string of the molecule is CN(C)CCOCCNc1nc2sccn2c1[N+](=O)[O-]. The molecular formula is C11H17N5O3S. The van der Waals surface area contributed by atoms with Crippen molar-refractivity contribution in [3.8, 4) is 0 Å². The summed E-state index contributed by atoms with van der Waals surface area (Å²) in [4.78, 5) is 17.5. The molecular weight excluding hydrogens is 282 g/mol. The third-order valence-corrected chi connectivity index (χ3v) is 3.39. The summed E-state index contributed by atoms with van der Waals surface area (Å²) in [6.07, 6.45) is 1.64. The first kappa shape index (κ1) is 14.7. The summed E-state index contributed by atoms with van der Waals surface area (Å²) in [7, 11) is 3.95. The molecule has 0 aliphatic carbocycles. The molecule has 110 valence electrons. The summed E-state index contributed by atoms with van der Waals surface area (Å²) in [5, 5.41) is 15.8. The van der Waals surface area contributed by atoms with Crippen molar-refractivity contribution in [2.24, 2.45) is 0 Å². The van der Waals surface area contributed by atoms with Crippen LogP contribution in [0.5, 0.6) is 0 Å². The summed E-state index contributed by atoms with van der Waals surface area (Å²) in [5.74, 6) is 0.257. The Hall–Kier alpha value is -1.71. The Bertz CT molecular complexity index is 580. The normalized spacial score (nSPS) is 11.3. The third kappa shape index (κ3) is 3.44. The van der Waals surface area contributed by atoms with Crippen LogP contribution in [0.2, 0.25) is 0 Å². The Morgan fingerprint density at radius 2 is 2.35 bits per heavy atom. The molecule has 9 heteroatoms. The van der Waals surface area contributed by atoms with Crippen LogP contribution in [0.15, 0.2) is 11.6 Å². The van der Waals surface area contributed by atoms with E-state index in [2.05, 4.69) is 10.3 Å². The standard InChI is InChI=1S/C11H17N5O3S/c1-14(2)4-7-19-6-3-12-9-10(16(17)18)15-5-8-20-11(15)13-9/h5,8,12H,3-4,6-7H2,1-2H3. The molecule has 0 aliphatic rings. The van der Waals surface area contributed by atoms with Crippen LogP contribution in [0.4, 0.5) is 11.6 Å². The van der Waals surface area contributed by atoms with E-state index in [0.29, 0.717) is 24.7 Å².